The standard InChI is InChI=1S/C12H13NSi.C9H5N/c1-14(2,3)8-7-11-5-4-6-12(9-11)10-13;1-2-8-4-3-5-9(6-8)7-10/h4-6,9H,1-3H3;1,3-6H. The summed E-state index contributed by atoms with van der Waals surface area (Å²) < 4.78 is 0. The lowest BCUT2D eigenvalue weighted by molar-refractivity contribution is 1.48. The third-order valence-corrected chi connectivity index (χ3v) is 3.61. The van der Waals surface area contributed by atoms with E-state index in [1.807, 2.05) is 24.3 Å². The summed E-state index contributed by atoms with van der Waals surface area (Å²) in [6, 6.07) is 18.5. The van der Waals surface area contributed by atoms with Gasteiger partial charge in [-0.15, -0.1) is 12.0 Å². The molecule has 0 aliphatic carbocycles. The third-order valence-electron chi connectivity index (χ3n) is 2.73. The predicted octanol–water partition coefficient (Wildman–Crippen LogP) is 4.33. The first-order chi connectivity index (χ1) is 11.4. The van der Waals surface area contributed by atoms with Crippen molar-refractivity contribution in [1.82, 2.24) is 0 Å². The SMILES string of the molecule is C#Cc1cccc(C#N)c1.C[Si](C)(C)C#Cc1cccc(C#N)c1. The highest BCUT2D eigenvalue weighted by molar-refractivity contribution is 6.83. The van der Waals surface area contributed by atoms with E-state index < -0.39 is 8.07 Å². The zero-order valence-electron chi connectivity index (χ0n) is 14.1. The second-order valence-electron chi connectivity index (χ2n) is 6.03. The number of rotatable bonds is 0. The van der Waals surface area contributed by atoms with E-state index in [4.69, 9.17) is 16.9 Å². The molecule has 0 N–H and O–H groups in total. The van der Waals surface area contributed by atoms with Crippen molar-refractivity contribution in [3.8, 4) is 35.9 Å². The fraction of sp³-hybridized carbons (Fsp3) is 0.143. The third kappa shape index (κ3) is 7.15. The smallest absolute Gasteiger partial charge is 0.129 e. The molecule has 2 aromatic rings. The molecule has 0 atom stereocenters. The van der Waals surface area contributed by atoms with E-state index in [0.29, 0.717) is 11.1 Å². The summed E-state index contributed by atoms with van der Waals surface area (Å²) in [6.07, 6.45) is 5.11. The summed E-state index contributed by atoms with van der Waals surface area (Å²) in [5.74, 6) is 5.57. The molecule has 2 rings (SSSR count). The van der Waals surface area contributed by atoms with E-state index in [9.17, 15) is 0 Å². The maximum Gasteiger partial charge on any atom is 0.129 e. The van der Waals surface area contributed by atoms with E-state index >= 15 is 0 Å². The first-order valence-corrected chi connectivity index (χ1v) is 10.9. The molecule has 2 nitrogen and oxygen atoms in total. The molecule has 0 bridgehead atoms. The lowest BCUT2D eigenvalue weighted by atomic mass is 10.1. The van der Waals surface area contributed by atoms with Crippen molar-refractivity contribution >= 4 is 8.07 Å². The van der Waals surface area contributed by atoms with Crippen LogP contribution in [0.5, 0.6) is 0 Å². The molecule has 0 aliphatic rings. The zero-order chi connectivity index (χ0) is 18.0. The predicted molar refractivity (Wildman–Crippen MR) is 100 cm³/mol. The summed E-state index contributed by atoms with van der Waals surface area (Å²) in [6.45, 7) is 6.61. The van der Waals surface area contributed by atoms with Gasteiger partial charge in [0.15, 0.2) is 0 Å². The molecule has 0 saturated heterocycles. The summed E-state index contributed by atoms with van der Waals surface area (Å²) in [4.78, 5) is 0. The Bertz CT molecular complexity index is 859. The molecule has 0 aliphatic heterocycles. The second kappa shape index (κ2) is 9.02. The van der Waals surface area contributed by atoms with Gasteiger partial charge in [-0.25, -0.2) is 0 Å². The summed E-state index contributed by atoms with van der Waals surface area (Å²) >= 11 is 0. The number of hydrogen-bond acceptors (Lipinski definition) is 2. The van der Waals surface area contributed by atoms with Crippen molar-refractivity contribution in [2.24, 2.45) is 0 Å². The molecule has 0 radical (unpaired) electrons. The second-order valence-corrected chi connectivity index (χ2v) is 10.8. The van der Waals surface area contributed by atoms with Gasteiger partial charge >= 0.3 is 0 Å². The number of nitrogens with zero attached hydrogens (tertiary/aromatic N) is 2. The van der Waals surface area contributed by atoms with E-state index in [1.54, 1.807) is 30.3 Å². The maximum absolute atomic E-state index is 8.70. The summed E-state index contributed by atoms with van der Waals surface area (Å²) in [5.41, 5.74) is 6.24. The fourth-order valence-electron chi connectivity index (χ4n) is 1.60. The van der Waals surface area contributed by atoms with Crippen LogP contribution in [-0.2, 0) is 0 Å². The minimum atomic E-state index is -1.31. The van der Waals surface area contributed by atoms with Crippen molar-refractivity contribution in [3.63, 3.8) is 0 Å². The molecular weight excluding hydrogens is 308 g/mol. The van der Waals surface area contributed by atoms with Gasteiger partial charge in [0.2, 0.25) is 0 Å². The highest BCUT2D eigenvalue weighted by atomic mass is 28.3. The van der Waals surface area contributed by atoms with E-state index in [2.05, 4.69) is 43.1 Å². The Morgan fingerprint density at radius 3 is 1.71 bits per heavy atom. The van der Waals surface area contributed by atoms with Crippen molar-refractivity contribution in [1.29, 1.82) is 10.5 Å². The van der Waals surface area contributed by atoms with Gasteiger partial charge in [-0.05, 0) is 36.4 Å². The Kier molecular flexibility index (Phi) is 7.07. The Balaban J connectivity index is 0.000000254. The van der Waals surface area contributed by atoms with Gasteiger partial charge in [0.05, 0.1) is 23.3 Å². The van der Waals surface area contributed by atoms with Crippen LogP contribution in [-0.4, -0.2) is 8.07 Å². The van der Waals surface area contributed by atoms with Crippen molar-refractivity contribution < 1.29 is 0 Å². The first kappa shape index (κ1) is 18.8. The van der Waals surface area contributed by atoms with Gasteiger partial charge in [0.25, 0.3) is 0 Å². The molecule has 0 saturated carbocycles. The summed E-state index contributed by atoms with van der Waals surface area (Å²) in [5, 5.41) is 17.1. The monoisotopic (exact) mass is 326 g/mol. The van der Waals surface area contributed by atoms with Crippen LogP contribution in [0.2, 0.25) is 19.6 Å². The molecule has 0 amide bonds. The number of benzene rings is 2. The van der Waals surface area contributed by atoms with Crippen molar-refractivity contribution in [3.05, 3.63) is 70.8 Å². The average molecular weight is 326 g/mol. The molecule has 24 heavy (non-hydrogen) atoms. The molecule has 0 heterocycles. The largest absolute Gasteiger partial charge is 0.192 e. The van der Waals surface area contributed by atoms with E-state index in [0.717, 1.165) is 11.1 Å². The van der Waals surface area contributed by atoms with Crippen LogP contribution < -0.4 is 0 Å². The Labute approximate surface area is 145 Å². The van der Waals surface area contributed by atoms with Crippen LogP contribution >= 0.6 is 0 Å². The van der Waals surface area contributed by atoms with Crippen LogP contribution in [0.15, 0.2) is 48.5 Å². The van der Waals surface area contributed by atoms with Gasteiger partial charge in [0, 0.05) is 11.1 Å². The lowest BCUT2D eigenvalue weighted by Crippen LogP contribution is -2.16. The highest BCUT2D eigenvalue weighted by Gasteiger charge is 2.07. The van der Waals surface area contributed by atoms with Gasteiger partial charge in [-0.1, -0.05) is 43.6 Å². The molecule has 0 spiro atoms. The number of hydrogen-bond donors (Lipinski definition) is 0. The van der Waals surface area contributed by atoms with Gasteiger partial charge in [-0.2, -0.15) is 10.5 Å². The number of terminal acetylenes is 1. The van der Waals surface area contributed by atoms with Crippen LogP contribution in [0.3, 0.4) is 0 Å². The van der Waals surface area contributed by atoms with Crippen LogP contribution in [0.4, 0.5) is 0 Å². The van der Waals surface area contributed by atoms with Crippen LogP contribution in [0.1, 0.15) is 22.3 Å². The quantitative estimate of drug-likeness (QED) is 0.534. The molecule has 0 fully saturated rings. The first-order valence-electron chi connectivity index (χ1n) is 7.38. The summed E-state index contributed by atoms with van der Waals surface area (Å²) in [7, 11) is -1.31. The average Bonchev–Trinajstić information content (AvgIpc) is 2.60. The fourth-order valence-corrected chi connectivity index (χ4v) is 2.12. The van der Waals surface area contributed by atoms with Crippen molar-refractivity contribution in [2.45, 2.75) is 19.6 Å². The van der Waals surface area contributed by atoms with Crippen LogP contribution in [0.25, 0.3) is 0 Å². The van der Waals surface area contributed by atoms with E-state index in [-0.39, 0.29) is 0 Å². The minimum Gasteiger partial charge on any atom is -0.192 e. The molecular formula is C21H18N2Si. The van der Waals surface area contributed by atoms with Crippen molar-refractivity contribution in [2.75, 3.05) is 0 Å². The minimum absolute atomic E-state index is 0.607. The molecule has 3 heteroatoms. The van der Waals surface area contributed by atoms with Gasteiger partial charge in [-0.3, -0.25) is 0 Å². The Morgan fingerprint density at radius 1 is 0.792 bits per heavy atom. The normalized spacial score (nSPS) is 9.00. The molecule has 2 aromatic carbocycles. The molecule has 0 aromatic heterocycles. The zero-order valence-corrected chi connectivity index (χ0v) is 15.1. The maximum atomic E-state index is 8.70. The van der Waals surface area contributed by atoms with Crippen LogP contribution in [0, 0.1) is 46.5 Å². The Hall–Kier alpha value is -3.24. The van der Waals surface area contributed by atoms with Gasteiger partial charge in [0.1, 0.15) is 8.07 Å². The Morgan fingerprint density at radius 2 is 1.25 bits per heavy atom. The van der Waals surface area contributed by atoms with E-state index in [1.165, 1.54) is 0 Å². The topological polar surface area (TPSA) is 47.6 Å². The number of nitriles is 2. The highest BCUT2D eigenvalue weighted by Crippen LogP contribution is 2.04. The van der Waals surface area contributed by atoms with Gasteiger partial charge < -0.3 is 0 Å². The molecule has 0 unspecified atom stereocenters. The molecule has 116 valence electrons. The lowest BCUT2D eigenvalue weighted by Gasteiger charge is -2.03.